The van der Waals surface area contributed by atoms with Crippen LogP contribution in [0.4, 0.5) is 4.79 Å². The van der Waals surface area contributed by atoms with Crippen LogP contribution in [-0.2, 0) is 25.6 Å². The lowest BCUT2D eigenvalue weighted by Gasteiger charge is -2.24. The van der Waals surface area contributed by atoms with E-state index in [9.17, 15) is 9.59 Å². The number of hydrogen-bond donors (Lipinski definition) is 2. The normalized spacial score (nSPS) is 18.9. The van der Waals surface area contributed by atoms with Gasteiger partial charge in [0.1, 0.15) is 6.61 Å². The van der Waals surface area contributed by atoms with E-state index in [4.69, 9.17) is 19.3 Å². The smallest absolute Gasteiger partial charge is 0.408 e. The average molecular weight is 323 g/mol. The Hall–Kier alpha value is -2.12. The molecule has 2 rings (SSSR count). The molecular formula is C16H21NO6. The number of aliphatic carboxylic acids is 1. The Labute approximate surface area is 134 Å². The number of amides is 1. The molecule has 1 aliphatic heterocycles. The Kier molecular flexibility index (Phi) is 6.83. The second kappa shape index (κ2) is 9.12. The Balaban J connectivity index is 1.74. The monoisotopic (exact) mass is 323 g/mol. The van der Waals surface area contributed by atoms with Crippen molar-refractivity contribution in [1.29, 1.82) is 0 Å². The maximum atomic E-state index is 11.7. The van der Waals surface area contributed by atoms with Crippen LogP contribution in [0.3, 0.4) is 0 Å². The number of carbonyl (C=O) groups is 2. The highest BCUT2D eigenvalue weighted by atomic mass is 16.6. The summed E-state index contributed by atoms with van der Waals surface area (Å²) in [4.78, 5) is 22.9. The van der Waals surface area contributed by atoms with Crippen molar-refractivity contribution >= 4 is 12.1 Å². The number of ether oxygens (including phenoxy) is 3. The van der Waals surface area contributed by atoms with Gasteiger partial charge in [0, 0.05) is 6.61 Å². The van der Waals surface area contributed by atoms with E-state index in [1.54, 1.807) is 0 Å². The summed E-state index contributed by atoms with van der Waals surface area (Å²) in [5, 5.41) is 11.5. The number of carboxylic acids is 1. The van der Waals surface area contributed by atoms with Crippen LogP contribution < -0.4 is 5.32 Å². The van der Waals surface area contributed by atoms with Crippen molar-refractivity contribution in [2.24, 2.45) is 0 Å². The molecule has 1 saturated heterocycles. The van der Waals surface area contributed by atoms with Crippen LogP contribution in [0, 0.1) is 0 Å². The van der Waals surface area contributed by atoms with Gasteiger partial charge in [-0.3, -0.25) is 0 Å². The fourth-order valence-corrected chi connectivity index (χ4v) is 2.16. The first-order chi connectivity index (χ1) is 11.1. The van der Waals surface area contributed by atoms with Crippen molar-refractivity contribution in [3.05, 3.63) is 35.9 Å². The molecule has 1 aromatic rings. The summed E-state index contributed by atoms with van der Waals surface area (Å²) < 4.78 is 15.8. The zero-order valence-corrected chi connectivity index (χ0v) is 12.8. The van der Waals surface area contributed by atoms with Crippen LogP contribution in [0.25, 0.3) is 0 Å². The number of hydrogen-bond acceptors (Lipinski definition) is 5. The fourth-order valence-electron chi connectivity index (χ4n) is 2.16. The van der Waals surface area contributed by atoms with E-state index in [0.29, 0.717) is 13.2 Å². The van der Waals surface area contributed by atoms with E-state index in [1.807, 2.05) is 30.3 Å². The van der Waals surface area contributed by atoms with Crippen molar-refractivity contribution in [2.75, 3.05) is 19.8 Å². The van der Waals surface area contributed by atoms with Crippen LogP contribution in [-0.4, -0.2) is 49.1 Å². The number of alkyl carbamates (subject to hydrolysis) is 1. The Morgan fingerprint density at radius 1 is 1.35 bits per heavy atom. The van der Waals surface area contributed by atoms with E-state index in [1.165, 1.54) is 0 Å². The average Bonchev–Trinajstić information content (AvgIpc) is 2.58. The van der Waals surface area contributed by atoms with Gasteiger partial charge in [0.05, 0.1) is 19.3 Å². The van der Waals surface area contributed by atoms with Crippen molar-refractivity contribution < 1.29 is 28.9 Å². The molecule has 23 heavy (non-hydrogen) atoms. The van der Waals surface area contributed by atoms with Crippen molar-refractivity contribution in [3.63, 3.8) is 0 Å². The summed E-state index contributed by atoms with van der Waals surface area (Å²) in [5.74, 6) is -1.17. The molecule has 0 spiro atoms. The highest BCUT2D eigenvalue weighted by Crippen LogP contribution is 2.10. The van der Waals surface area contributed by atoms with Crippen molar-refractivity contribution in [3.8, 4) is 0 Å². The lowest BCUT2D eigenvalue weighted by atomic mass is 10.2. The molecule has 2 atom stereocenters. The topological polar surface area (TPSA) is 94.1 Å². The van der Waals surface area contributed by atoms with E-state index in [2.05, 4.69) is 5.32 Å². The molecule has 2 N–H and O–H groups in total. The SMILES string of the molecule is O=C(NC(COC1CCCOC1)C(=O)O)OCc1ccccc1. The molecule has 1 aliphatic rings. The number of nitrogens with one attached hydrogen (secondary N) is 1. The van der Waals surface area contributed by atoms with Gasteiger partial charge in [-0.05, 0) is 18.4 Å². The molecule has 2 unspecified atom stereocenters. The van der Waals surface area contributed by atoms with Gasteiger partial charge in [-0.1, -0.05) is 30.3 Å². The summed E-state index contributed by atoms with van der Waals surface area (Å²) in [6, 6.07) is 7.99. The minimum absolute atomic E-state index is 0.0797. The summed E-state index contributed by atoms with van der Waals surface area (Å²) >= 11 is 0. The third-order valence-electron chi connectivity index (χ3n) is 3.42. The molecule has 1 amide bonds. The van der Waals surface area contributed by atoms with Crippen LogP contribution in [0.5, 0.6) is 0 Å². The lowest BCUT2D eigenvalue weighted by molar-refractivity contribution is -0.142. The first-order valence-electron chi connectivity index (χ1n) is 7.54. The first-order valence-corrected chi connectivity index (χ1v) is 7.54. The molecule has 126 valence electrons. The Morgan fingerprint density at radius 3 is 2.78 bits per heavy atom. The van der Waals surface area contributed by atoms with Gasteiger partial charge in [-0.2, -0.15) is 0 Å². The minimum Gasteiger partial charge on any atom is -0.480 e. The maximum Gasteiger partial charge on any atom is 0.408 e. The highest BCUT2D eigenvalue weighted by molar-refractivity contribution is 5.80. The zero-order chi connectivity index (χ0) is 16.5. The molecular weight excluding hydrogens is 302 g/mol. The van der Waals surface area contributed by atoms with Gasteiger partial charge in [0.15, 0.2) is 6.04 Å². The van der Waals surface area contributed by atoms with Gasteiger partial charge in [0.2, 0.25) is 0 Å². The summed E-state index contributed by atoms with van der Waals surface area (Å²) in [7, 11) is 0. The summed E-state index contributed by atoms with van der Waals surface area (Å²) in [6.45, 7) is 1.11. The van der Waals surface area contributed by atoms with E-state index in [-0.39, 0.29) is 19.3 Å². The Morgan fingerprint density at radius 2 is 2.13 bits per heavy atom. The quantitative estimate of drug-likeness (QED) is 0.791. The fraction of sp³-hybridized carbons (Fsp3) is 0.500. The van der Waals surface area contributed by atoms with Gasteiger partial charge < -0.3 is 24.6 Å². The van der Waals surface area contributed by atoms with Crippen LogP contribution >= 0.6 is 0 Å². The third kappa shape index (κ3) is 6.25. The van der Waals surface area contributed by atoms with Crippen molar-refractivity contribution in [1.82, 2.24) is 5.32 Å². The lowest BCUT2D eigenvalue weighted by Crippen LogP contribution is -2.45. The summed E-state index contributed by atoms with van der Waals surface area (Å²) in [5.41, 5.74) is 0.824. The van der Waals surface area contributed by atoms with Gasteiger partial charge in [-0.25, -0.2) is 9.59 Å². The van der Waals surface area contributed by atoms with Crippen LogP contribution in [0.2, 0.25) is 0 Å². The molecule has 1 heterocycles. The standard InChI is InChI=1S/C16H21NO6/c18-15(19)14(11-22-13-7-4-8-21-10-13)17-16(20)23-9-12-5-2-1-3-6-12/h1-3,5-6,13-14H,4,7-11H2,(H,17,20)(H,18,19). The van der Waals surface area contributed by atoms with Gasteiger partial charge in [0.25, 0.3) is 0 Å². The second-order valence-corrected chi connectivity index (χ2v) is 5.27. The maximum absolute atomic E-state index is 11.7. The highest BCUT2D eigenvalue weighted by Gasteiger charge is 2.23. The molecule has 0 aromatic heterocycles. The van der Waals surface area contributed by atoms with Crippen LogP contribution in [0.1, 0.15) is 18.4 Å². The number of carbonyl (C=O) groups excluding carboxylic acids is 1. The largest absolute Gasteiger partial charge is 0.480 e. The Bertz CT molecular complexity index is 501. The van der Waals surface area contributed by atoms with E-state index in [0.717, 1.165) is 18.4 Å². The van der Waals surface area contributed by atoms with Gasteiger partial charge >= 0.3 is 12.1 Å². The molecule has 0 radical (unpaired) electrons. The molecule has 0 aliphatic carbocycles. The van der Waals surface area contributed by atoms with E-state index >= 15 is 0 Å². The molecule has 7 heteroatoms. The predicted octanol–water partition coefficient (Wildman–Crippen LogP) is 1.56. The summed E-state index contributed by atoms with van der Waals surface area (Å²) in [6.07, 6.45) is 0.789. The molecule has 1 fully saturated rings. The number of benzene rings is 1. The third-order valence-corrected chi connectivity index (χ3v) is 3.42. The van der Waals surface area contributed by atoms with E-state index < -0.39 is 18.1 Å². The predicted molar refractivity (Wildman–Crippen MR) is 81.0 cm³/mol. The zero-order valence-electron chi connectivity index (χ0n) is 12.8. The molecule has 1 aromatic carbocycles. The second-order valence-electron chi connectivity index (χ2n) is 5.27. The molecule has 0 saturated carbocycles. The molecule has 7 nitrogen and oxygen atoms in total. The molecule has 0 bridgehead atoms. The number of rotatable bonds is 7. The first kappa shape index (κ1) is 17.2. The minimum atomic E-state index is -1.17. The van der Waals surface area contributed by atoms with Crippen molar-refractivity contribution in [2.45, 2.75) is 31.6 Å². The van der Waals surface area contributed by atoms with Gasteiger partial charge in [-0.15, -0.1) is 0 Å². The number of carboxylic acid groups (broad SMARTS) is 1. The van der Waals surface area contributed by atoms with Crippen LogP contribution in [0.15, 0.2) is 30.3 Å².